The fraction of sp³-hybridized carbons (Fsp3) is 0.273. The van der Waals surface area contributed by atoms with E-state index in [9.17, 15) is 4.79 Å². The van der Waals surface area contributed by atoms with E-state index in [0.29, 0.717) is 10.0 Å². The average Bonchev–Trinajstić information content (AvgIpc) is 2.68. The monoisotopic (exact) mass is 430 g/mol. The first kappa shape index (κ1) is 21.4. The topological polar surface area (TPSA) is 48.5 Å². The number of aromatic nitrogens is 1. The van der Waals surface area contributed by atoms with E-state index in [4.69, 9.17) is 28.2 Å². The summed E-state index contributed by atoms with van der Waals surface area (Å²) in [7, 11) is 6.15. The molecular formula is C22H24Cl2N4O. The number of pyridine rings is 1. The van der Waals surface area contributed by atoms with Gasteiger partial charge in [-0.2, -0.15) is 0 Å². The molecule has 0 bridgehead atoms. The molecule has 3 aromatic rings. The molecule has 29 heavy (non-hydrogen) atoms. The van der Waals surface area contributed by atoms with Crippen LogP contribution in [-0.4, -0.2) is 50.0 Å². The molecule has 0 saturated heterocycles. The summed E-state index contributed by atoms with van der Waals surface area (Å²) in [5, 5.41) is 4.82. The van der Waals surface area contributed by atoms with Gasteiger partial charge in [-0.05, 0) is 62.1 Å². The Bertz CT molecular complexity index is 1020. The molecule has 1 aromatic heterocycles. The molecule has 0 fully saturated rings. The van der Waals surface area contributed by atoms with E-state index in [1.165, 1.54) is 0 Å². The Morgan fingerprint density at radius 1 is 0.966 bits per heavy atom. The number of fused-ring (bicyclic) bond motifs is 1. The highest BCUT2D eigenvalue weighted by Crippen LogP contribution is 2.24. The van der Waals surface area contributed by atoms with Gasteiger partial charge in [0.25, 0.3) is 0 Å². The van der Waals surface area contributed by atoms with E-state index in [1.807, 2.05) is 37.4 Å². The molecule has 0 unspecified atom stereocenters. The van der Waals surface area contributed by atoms with E-state index < -0.39 is 0 Å². The minimum atomic E-state index is -0.115. The summed E-state index contributed by atoms with van der Waals surface area (Å²) in [5.74, 6) is 0.812. The third-order valence-electron chi connectivity index (χ3n) is 4.58. The summed E-state index contributed by atoms with van der Waals surface area (Å²) in [6.45, 7) is 1.86. The number of benzene rings is 2. The lowest BCUT2D eigenvalue weighted by molar-refractivity contribution is -0.115. The molecule has 7 heteroatoms. The molecule has 0 aliphatic heterocycles. The third kappa shape index (κ3) is 5.82. The zero-order valence-electron chi connectivity index (χ0n) is 16.7. The molecule has 1 N–H and O–H groups in total. The van der Waals surface area contributed by atoms with Gasteiger partial charge in [0.15, 0.2) is 0 Å². The number of nitrogens with zero attached hydrogens (tertiary/aromatic N) is 3. The Kier molecular flexibility index (Phi) is 6.96. The lowest BCUT2D eigenvalue weighted by atomic mass is 10.1. The van der Waals surface area contributed by atoms with Crippen molar-refractivity contribution in [3.63, 3.8) is 0 Å². The fourth-order valence-corrected chi connectivity index (χ4v) is 3.23. The first-order valence-electron chi connectivity index (χ1n) is 9.32. The molecule has 0 spiro atoms. The maximum Gasteiger partial charge on any atom is 0.228 e. The Morgan fingerprint density at radius 2 is 1.76 bits per heavy atom. The van der Waals surface area contributed by atoms with Crippen LogP contribution in [0.25, 0.3) is 10.9 Å². The van der Waals surface area contributed by atoms with Crippen molar-refractivity contribution in [2.75, 3.05) is 44.4 Å². The molecule has 0 aliphatic carbocycles. The fourth-order valence-electron chi connectivity index (χ4n) is 2.91. The van der Waals surface area contributed by atoms with Crippen LogP contribution in [0.2, 0.25) is 10.0 Å². The van der Waals surface area contributed by atoms with E-state index in [2.05, 4.69) is 29.2 Å². The number of halogens is 2. The summed E-state index contributed by atoms with van der Waals surface area (Å²) < 4.78 is 0. The van der Waals surface area contributed by atoms with Gasteiger partial charge < -0.3 is 15.1 Å². The van der Waals surface area contributed by atoms with Gasteiger partial charge >= 0.3 is 0 Å². The van der Waals surface area contributed by atoms with Gasteiger partial charge in [-0.1, -0.05) is 29.3 Å². The summed E-state index contributed by atoms with van der Waals surface area (Å²) in [6, 6.07) is 14.9. The maximum atomic E-state index is 12.4. The van der Waals surface area contributed by atoms with Crippen molar-refractivity contribution >= 4 is 51.5 Å². The molecule has 5 nitrogen and oxygen atoms in total. The van der Waals surface area contributed by atoms with Gasteiger partial charge in [0, 0.05) is 31.2 Å². The number of carbonyl (C=O) groups is 1. The van der Waals surface area contributed by atoms with Crippen molar-refractivity contribution in [2.45, 2.75) is 6.42 Å². The Labute approximate surface area is 181 Å². The van der Waals surface area contributed by atoms with Gasteiger partial charge in [-0.3, -0.25) is 4.79 Å². The highest BCUT2D eigenvalue weighted by Gasteiger charge is 2.09. The average molecular weight is 431 g/mol. The number of hydrogen-bond acceptors (Lipinski definition) is 4. The van der Waals surface area contributed by atoms with Crippen molar-refractivity contribution in [3.05, 3.63) is 64.1 Å². The highest BCUT2D eigenvalue weighted by molar-refractivity contribution is 6.42. The minimum Gasteiger partial charge on any atom is -0.358 e. The zero-order valence-corrected chi connectivity index (χ0v) is 18.3. The largest absolute Gasteiger partial charge is 0.358 e. The summed E-state index contributed by atoms with van der Waals surface area (Å²) in [4.78, 5) is 21.4. The first-order chi connectivity index (χ1) is 13.8. The number of carbonyl (C=O) groups excluding carboxylic acids is 1. The normalized spacial score (nSPS) is 11.1. The van der Waals surface area contributed by atoms with Crippen LogP contribution >= 0.6 is 23.2 Å². The Hall–Kier alpha value is -2.34. The van der Waals surface area contributed by atoms with Gasteiger partial charge in [-0.25, -0.2) is 4.98 Å². The molecular weight excluding hydrogens is 407 g/mol. The number of amides is 1. The Morgan fingerprint density at radius 3 is 2.48 bits per heavy atom. The molecule has 1 amide bonds. The standard InChI is InChI=1S/C22H24Cl2N4O/c1-27(2)10-11-28(3)21-9-5-16-14-17(6-8-20(16)26-21)25-22(29)13-15-4-7-18(23)19(24)12-15/h4-9,12,14H,10-11,13H2,1-3H3,(H,25,29). The maximum absolute atomic E-state index is 12.4. The Balaban J connectivity index is 1.68. The number of nitrogens with one attached hydrogen (secondary N) is 1. The second-order valence-corrected chi connectivity index (χ2v) is 8.09. The molecule has 2 aromatic carbocycles. The molecule has 152 valence electrons. The predicted molar refractivity (Wildman–Crippen MR) is 122 cm³/mol. The van der Waals surface area contributed by atoms with Gasteiger partial charge in [0.2, 0.25) is 5.91 Å². The minimum absolute atomic E-state index is 0.115. The van der Waals surface area contributed by atoms with Crippen molar-refractivity contribution in [3.8, 4) is 0 Å². The molecule has 0 saturated carbocycles. The number of likely N-dealkylation sites (N-methyl/N-ethyl adjacent to an activating group) is 2. The van der Waals surface area contributed by atoms with Crippen molar-refractivity contribution in [1.29, 1.82) is 0 Å². The van der Waals surface area contributed by atoms with Crippen molar-refractivity contribution < 1.29 is 4.79 Å². The lowest BCUT2D eigenvalue weighted by Gasteiger charge is -2.20. The van der Waals surface area contributed by atoms with Crippen LogP contribution in [0, 0.1) is 0 Å². The second-order valence-electron chi connectivity index (χ2n) is 7.28. The van der Waals surface area contributed by atoms with Gasteiger partial charge in [0.05, 0.1) is 22.0 Å². The van der Waals surface area contributed by atoms with Gasteiger partial charge in [-0.15, -0.1) is 0 Å². The summed E-state index contributed by atoms with van der Waals surface area (Å²) in [6.07, 6.45) is 0.225. The highest BCUT2D eigenvalue weighted by atomic mass is 35.5. The SMILES string of the molecule is CN(C)CCN(C)c1ccc2cc(NC(=O)Cc3ccc(Cl)c(Cl)c3)ccc2n1. The van der Waals surface area contributed by atoms with E-state index in [0.717, 1.165) is 41.1 Å². The summed E-state index contributed by atoms with van der Waals surface area (Å²) >= 11 is 11.9. The quantitative estimate of drug-likeness (QED) is 0.588. The van der Waals surface area contributed by atoms with Crippen LogP contribution in [-0.2, 0) is 11.2 Å². The second kappa shape index (κ2) is 9.44. The van der Waals surface area contributed by atoms with E-state index in [1.54, 1.807) is 18.2 Å². The van der Waals surface area contributed by atoms with Crippen LogP contribution in [0.4, 0.5) is 11.5 Å². The molecule has 3 rings (SSSR count). The summed E-state index contributed by atoms with van der Waals surface area (Å²) in [5.41, 5.74) is 2.43. The van der Waals surface area contributed by atoms with Crippen LogP contribution in [0.15, 0.2) is 48.5 Å². The molecule has 0 atom stereocenters. The number of rotatable bonds is 7. The molecule has 0 aliphatic rings. The van der Waals surface area contributed by atoms with E-state index in [-0.39, 0.29) is 12.3 Å². The van der Waals surface area contributed by atoms with Crippen LogP contribution in [0.5, 0.6) is 0 Å². The third-order valence-corrected chi connectivity index (χ3v) is 5.32. The smallest absolute Gasteiger partial charge is 0.228 e. The van der Waals surface area contributed by atoms with Crippen LogP contribution in [0.1, 0.15) is 5.56 Å². The first-order valence-corrected chi connectivity index (χ1v) is 10.1. The number of anilines is 2. The lowest BCUT2D eigenvalue weighted by Crippen LogP contribution is -2.28. The molecule has 1 heterocycles. The van der Waals surface area contributed by atoms with Crippen molar-refractivity contribution in [2.24, 2.45) is 0 Å². The van der Waals surface area contributed by atoms with Crippen LogP contribution < -0.4 is 10.2 Å². The van der Waals surface area contributed by atoms with E-state index >= 15 is 0 Å². The van der Waals surface area contributed by atoms with Crippen molar-refractivity contribution in [1.82, 2.24) is 9.88 Å². The molecule has 0 radical (unpaired) electrons. The number of hydrogen-bond donors (Lipinski definition) is 1. The van der Waals surface area contributed by atoms with Crippen LogP contribution in [0.3, 0.4) is 0 Å². The zero-order chi connectivity index (χ0) is 21.0. The predicted octanol–water partition coefficient (Wildman–Crippen LogP) is 4.72. The van der Waals surface area contributed by atoms with Gasteiger partial charge in [0.1, 0.15) is 5.82 Å².